The number of fused-ring (bicyclic) bond motifs is 1. The minimum atomic E-state index is 0.832. The maximum absolute atomic E-state index is 4.51. The Kier molecular flexibility index (Phi) is 4.03. The van der Waals surface area contributed by atoms with E-state index in [2.05, 4.69) is 39.8 Å². The highest BCUT2D eigenvalue weighted by molar-refractivity contribution is 7.10. The molecule has 3 aromatic rings. The van der Waals surface area contributed by atoms with Gasteiger partial charge in [-0.1, -0.05) is 6.92 Å². The second-order valence-electron chi connectivity index (χ2n) is 5.25. The third-order valence-electron chi connectivity index (χ3n) is 3.75. The van der Waals surface area contributed by atoms with Crippen molar-refractivity contribution >= 4 is 22.4 Å². The molecule has 5 heteroatoms. The Hall–Kier alpha value is -1.72. The van der Waals surface area contributed by atoms with Gasteiger partial charge in [-0.2, -0.15) is 5.10 Å². The van der Waals surface area contributed by atoms with E-state index < -0.39 is 0 Å². The Morgan fingerprint density at radius 1 is 1.33 bits per heavy atom. The highest BCUT2D eigenvalue weighted by Gasteiger charge is 2.07. The van der Waals surface area contributed by atoms with Crippen molar-refractivity contribution in [1.29, 1.82) is 0 Å². The maximum atomic E-state index is 4.51. The van der Waals surface area contributed by atoms with Crippen molar-refractivity contribution in [2.45, 2.75) is 33.4 Å². The normalized spacial score (nSPS) is 11.4. The first-order valence-electron chi connectivity index (χ1n) is 7.23. The summed E-state index contributed by atoms with van der Waals surface area (Å²) >= 11 is 1.83. The van der Waals surface area contributed by atoms with Crippen molar-refractivity contribution in [2.75, 3.05) is 0 Å². The number of rotatable bonds is 5. The van der Waals surface area contributed by atoms with Crippen LogP contribution in [0, 0.1) is 6.92 Å². The molecule has 3 rings (SSSR count). The summed E-state index contributed by atoms with van der Waals surface area (Å²) < 4.78 is 1.83. The van der Waals surface area contributed by atoms with E-state index in [9.17, 15) is 0 Å². The zero-order valence-electron chi connectivity index (χ0n) is 12.7. The van der Waals surface area contributed by atoms with Crippen LogP contribution in [0.5, 0.6) is 0 Å². The lowest BCUT2D eigenvalue weighted by Gasteiger charge is -2.05. The predicted octanol–water partition coefficient (Wildman–Crippen LogP) is 3.19. The highest BCUT2D eigenvalue weighted by Crippen LogP contribution is 2.18. The lowest BCUT2D eigenvalue weighted by atomic mass is 10.2. The van der Waals surface area contributed by atoms with Crippen molar-refractivity contribution < 1.29 is 0 Å². The first-order chi connectivity index (χ1) is 10.2. The van der Waals surface area contributed by atoms with E-state index >= 15 is 0 Å². The lowest BCUT2D eigenvalue weighted by Crippen LogP contribution is -2.13. The minimum Gasteiger partial charge on any atom is -0.308 e. The number of nitrogens with one attached hydrogen (secondary N) is 1. The Morgan fingerprint density at radius 3 is 3.00 bits per heavy atom. The van der Waals surface area contributed by atoms with Gasteiger partial charge in [-0.25, -0.2) is 4.98 Å². The van der Waals surface area contributed by atoms with Crippen LogP contribution in [0.25, 0.3) is 11.0 Å². The van der Waals surface area contributed by atoms with Crippen molar-refractivity contribution in [3.8, 4) is 0 Å². The molecule has 0 aliphatic heterocycles. The number of nitrogens with zero attached hydrogens (tertiary/aromatic N) is 3. The Labute approximate surface area is 128 Å². The molecule has 0 aromatic carbocycles. The molecule has 0 saturated carbocycles. The molecule has 1 N–H and O–H groups in total. The summed E-state index contributed by atoms with van der Waals surface area (Å²) in [6.07, 6.45) is 3.04. The molecule has 21 heavy (non-hydrogen) atoms. The number of pyridine rings is 1. The van der Waals surface area contributed by atoms with Gasteiger partial charge in [-0.3, -0.25) is 4.68 Å². The molecular formula is C16H20N4S. The molecule has 0 spiro atoms. The van der Waals surface area contributed by atoms with Gasteiger partial charge < -0.3 is 5.32 Å². The third-order valence-corrected chi connectivity index (χ3v) is 4.72. The molecule has 0 aliphatic carbocycles. The maximum Gasteiger partial charge on any atom is 0.157 e. The molecule has 3 heterocycles. The number of hydrogen-bond donors (Lipinski definition) is 1. The molecular weight excluding hydrogens is 280 g/mol. The van der Waals surface area contributed by atoms with Crippen molar-refractivity contribution in [2.24, 2.45) is 7.05 Å². The van der Waals surface area contributed by atoms with Crippen LogP contribution in [0.1, 0.15) is 28.6 Å². The van der Waals surface area contributed by atoms with Crippen molar-refractivity contribution in [1.82, 2.24) is 20.1 Å². The number of aromatic nitrogens is 3. The van der Waals surface area contributed by atoms with Gasteiger partial charge in [0.15, 0.2) is 5.65 Å². The summed E-state index contributed by atoms with van der Waals surface area (Å²) in [6.45, 7) is 5.98. The van der Waals surface area contributed by atoms with Crippen LogP contribution < -0.4 is 5.32 Å². The van der Waals surface area contributed by atoms with Gasteiger partial charge >= 0.3 is 0 Å². The van der Waals surface area contributed by atoms with Crippen LogP contribution in [-0.2, 0) is 26.6 Å². The van der Waals surface area contributed by atoms with Crippen LogP contribution in [0.3, 0.4) is 0 Å². The molecule has 0 radical (unpaired) electrons. The lowest BCUT2D eigenvalue weighted by molar-refractivity contribution is 0.695. The van der Waals surface area contributed by atoms with Crippen LogP contribution in [-0.4, -0.2) is 14.8 Å². The van der Waals surface area contributed by atoms with E-state index in [1.54, 1.807) is 0 Å². The third kappa shape index (κ3) is 2.84. The molecule has 3 aromatic heterocycles. The fourth-order valence-corrected chi connectivity index (χ4v) is 3.55. The summed E-state index contributed by atoms with van der Waals surface area (Å²) in [7, 11) is 1.93. The van der Waals surface area contributed by atoms with E-state index in [1.807, 2.05) is 36.2 Å². The second-order valence-corrected chi connectivity index (χ2v) is 6.25. The average molecular weight is 300 g/mol. The SMILES string of the molecule is CCc1ccsc1CNCc1cnc2c(c1)c(C)nn2C. The zero-order chi connectivity index (χ0) is 14.8. The monoisotopic (exact) mass is 300 g/mol. The largest absolute Gasteiger partial charge is 0.308 e. The van der Waals surface area contributed by atoms with E-state index in [0.29, 0.717) is 0 Å². The first-order valence-corrected chi connectivity index (χ1v) is 8.11. The average Bonchev–Trinajstić information content (AvgIpc) is 3.04. The van der Waals surface area contributed by atoms with Crippen molar-refractivity contribution in [3.63, 3.8) is 0 Å². The number of aryl methyl sites for hydroxylation is 3. The Morgan fingerprint density at radius 2 is 2.19 bits per heavy atom. The van der Waals surface area contributed by atoms with Crippen molar-refractivity contribution in [3.05, 3.63) is 45.4 Å². The van der Waals surface area contributed by atoms with E-state index in [1.165, 1.54) is 16.0 Å². The first kappa shape index (κ1) is 14.2. The quantitative estimate of drug-likeness (QED) is 0.787. The predicted molar refractivity (Wildman–Crippen MR) is 87.5 cm³/mol. The van der Waals surface area contributed by atoms with Crippen LogP contribution in [0.15, 0.2) is 23.7 Å². The fraction of sp³-hybridized carbons (Fsp3) is 0.375. The van der Waals surface area contributed by atoms with Crippen LogP contribution in [0.2, 0.25) is 0 Å². The van der Waals surface area contributed by atoms with Gasteiger partial charge in [0, 0.05) is 36.6 Å². The standard InChI is InChI=1S/C16H20N4S/c1-4-13-5-6-21-15(13)10-17-8-12-7-14-11(2)19-20(3)16(14)18-9-12/h5-7,9,17H,4,8,10H2,1-3H3. The minimum absolute atomic E-state index is 0.832. The van der Waals surface area contributed by atoms with E-state index in [0.717, 1.165) is 36.2 Å². The van der Waals surface area contributed by atoms with Gasteiger partial charge in [0.25, 0.3) is 0 Å². The van der Waals surface area contributed by atoms with Crippen LogP contribution >= 0.6 is 11.3 Å². The molecule has 0 bridgehead atoms. The Bertz CT molecular complexity index is 757. The summed E-state index contributed by atoms with van der Waals surface area (Å²) in [5.41, 5.74) is 4.63. The number of thiophene rings is 1. The van der Waals surface area contributed by atoms with Gasteiger partial charge in [0.1, 0.15) is 0 Å². The highest BCUT2D eigenvalue weighted by atomic mass is 32.1. The van der Waals surface area contributed by atoms with Gasteiger partial charge in [0.2, 0.25) is 0 Å². The molecule has 110 valence electrons. The second kappa shape index (κ2) is 5.95. The molecule has 0 unspecified atom stereocenters. The van der Waals surface area contributed by atoms with Crippen LogP contribution in [0.4, 0.5) is 0 Å². The molecule has 0 atom stereocenters. The van der Waals surface area contributed by atoms with Gasteiger partial charge in [-0.15, -0.1) is 11.3 Å². The summed E-state index contributed by atoms with van der Waals surface area (Å²) in [6, 6.07) is 4.40. The summed E-state index contributed by atoms with van der Waals surface area (Å²) in [4.78, 5) is 5.95. The fourth-order valence-electron chi connectivity index (χ4n) is 2.61. The van der Waals surface area contributed by atoms with Gasteiger partial charge in [0.05, 0.1) is 5.69 Å². The summed E-state index contributed by atoms with van der Waals surface area (Å²) in [5.74, 6) is 0. The molecule has 0 fully saturated rings. The summed E-state index contributed by atoms with van der Waals surface area (Å²) in [5, 5.41) is 11.2. The molecule has 4 nitrogen and oxygen atoms in total. The van der Waals surface area contributed by atoms with E-state index in [4.69, 9.17) is 0 Å². The Balaban J connectivity index is 1.69. The molecule has 0 amide bonds. The topological polar surface area (TPSA) is 42.7 Å². The van der Waals surface area contributed by atoms with E-state index in [-0.39, 0.29) is 0 Å². The van der Waals surface area contributed by atoms with Gasteiger partial charge in [-0.05, 0) is 42.0 Å². The number of hydrogen-bond acceptors (Lipinski definition) is 4. The molecule has 0 aliphatic rings. The smallest absolute Gasteiger partial charge is 0.157 e. The molecule has 0 saturated heterocycles. The zero-order valence-corrected chi connectivity index (χ0v) is 13.5.